The molecule has 1 aromatic rings. The zero-order valence-electron chi connectivity index (χ0n) is 10.8. The predicted molar refractivity (Wildman–Crippen MR) is 72.5 cm³/mol. The van der Waals surface area contributed by atoms with Gasteiger partial charge in [0.05, 0.1) is 0 Å². The van der Waals surface area contributed by atoms with Crippen LogP contribution in [0.15, 0.2) is 30.3 Å². The Labute approximate surface area is 112 Å². The molecule has 0 saturated heterocycles. The zero-order valence-corrected chi connectivity index (χ0v) is 10.8. The van der Waals surface area contributed by atoms with Gasteiger partial charge in [0.2, 0.25) is 5.91 Å². The lowest BCUT2D eigenvalue weighted by molar-refractivity contribution is -0.122. The van der Waals surface area contributed by atoms with Gasteiger partial charge in [0.25, 0.3) is 5.91 Å². The number of rotatable bonds is 8. The van der Waals surface area contributed by atoms with Crippen LogP contribution in [-0.4, -0.2) is 25.0 Å². The molecule has 5 heteroatoms. The molecule has 0 fully saturated rings. The molecule has 0 heterocycles. The van der Waals surface area contributed by atoms with Crippen LogP contribution in [-0.2, 0) is 9.59 Å². The summed E-state index contributed by atoms with van der Waals surface area (Å²) < 4.78 is 11.8. The number of hydrogen-bond donors (Lipinski definition) is 2. The Morgan fingerprint density at radius 3 is 2.42 bits per heavy atom. The summed E-state index contributed by atoms with van der Waals surface area (Å²) in [4.78, 5) is 22.2. The lowest BCUT2D eigenvalue weighted by Gasteiger charge is -2.05. The molecule has 2 amide bonds. The van der Waals surface area contributed by atoms with Gasteiger partial charge in [0, 0.05) is 18.7 Å². The molecule has 0 aromatic heterocycles. The van der Waals surface area contributed by atoms with E-state index in [2.05, 4.69) is 10.6 Å². The van der Waals surface area contributed by atoms with E-state index in [0.717, 1.165) is 24.9 Å². The van der Waals surface area contributed by atoms with E-state index in [1.165, 1.54) is 0 Å². The highest BCUT2D eigenvalue weighted by molar-refractivity contribution is 5.90. The molecule has 0 aliphatic heterocycles. The van der Waals surface area contributed by atoms with Crippen molar-refractivity contribution < 1.29 is 14.0 Å². The van der Waals surface area contributed by atoms with Crippen LogP contribution in [0.3, 0.4) is 0 Å². The fourth-order valence-corrected chi connectivity index (χ4v) is 1.61. The van der Waals surface area contributed by atoms with E-state index in [4.69, 9.17) is 0 Å². The maximum Gasteiger partial charge on any atom is 0.251 e. The van der Waals surface area contributed by atoms with E-state index >= 15 is 0 Å². The van der Waals surface area contributed by atoms with Crippen molar-refractivity contribution in [3.8, 4) is 0 Å². The normalized spacial score (nSPS) is 9.95. The van der Waals surface area contributed by atoms with Crippen molar-refractivity contribution in [3.05, 3.63) is 30.3 Å². The first-order valence-corrected chi connectivity index (χ1v) is 6.40. The molecular weight excluding hydrogens is 247 g/mol. The Hall–Kier alpha value is -1.91. The van der Waals surface area contributed by atoms with Crippen LogP contribution in [0, 0.1) is 0 Å². The molecule has 0 bridgehead atoms. The van der Waals surface area contributed by atoms with Gasteiger partial charge in [-0.05, 0) is 25.0 Å². The van der Waals surface area contributed by atoms with Crippen LogP contribution in [0.4, 0.5) is 10.1 Å². The molecule has 0 unspecified atom stereocenters. The van der Waals surface area contributed by atoms with E-state index in [9.17, 15) is 14.0 Å². The Bertz CT molecular complexity index is 396. The second-order valence-corrected chi connectivity index (χ2v) is 4.21. The summed E-state index contributed by atoms with van der Waals surface area (Å²) in [7, 11) is 0. The SMILES string of the molecule is O=C(CF)NCCCCCC(=O)Nc1ccccc1. The van der Waals surface area contributed by atoms with Gasteiger partial charge in [-0.3, -0.25) is 9.59 Å². The summed E-state index contributed by atoms with van der Waals surface area (Å²) in [5, 5.41) is 5.25. The summed E-state index contributed by atoms with van der Waals surface area (Å²) in [6.45, 7) is -0.511. The number of hydrogen-bond acceptors (Lipinski definition) is 2. The maximum atomic E-state index is 11.8. The van der Waals surface area contributed by atoms with Crippen molar-refractivity contribution in [3.63, 3.8) is 0 Å². The molecule has 2 N–H and O–H groups in total. The number of halogens is 1. The van der Waals surface area contributed by atoms with E-state index in [0.29, 0.717) is 13.0 Å². The second-order valence-electron chi connectivity index (χ2n) is 4.21. The molecule has 1 rings (SSSR count). The quantitative estimate of drug-likeness (QED) is 0.709. The third kappa shape index (κ3) is 7.18. The van der Waals surface area contributed by atoms with Crippen LogP contribution in [0.2, 0.25) is 0 Å². The molecule has 104 valence electrons. The summed E-state index contributed by atoms with van der Waals surface area (Å²) in [5.41, 5.74) is 0.794. The highest BCUT2D eigenvalue weighted by Crippen LogP contribution is 2.07. The second kappa shape index (κ2) is 9.08. The van der Waals surface area contributed by atoms with Crippen LogP contribution in [0.25, 0.3) is 0 Å². The Morgan fingerprint density at radius 2 is 1.74 bits per heavy atom. The number of benzene rings is 1. The van der Waals surface area contributed by atoms with Gasteiger partial charge in [-0.15, -0.1) is 0 Å². The van der Waals surface area contributed by atoms with Gasteiger partial charge in [-0.25, -0.2) is 4.39 Å². The van der Waals surface area contributed by atoms with Crippen LogP contribution in [0.5, 0.6) is 0 Å². The summed E-state index contributed by atoms with van der Waals surface area (Å²) in [6.07, 6.45) is 2.79. The number of para-hydroxylation sites is 1. The number of nitrogens with one attached hydrogen (secondary N) is 2. The molecular formula is C14H19FN2O2. The fourth-order valence-electron chi connectivity index (χ4n) is 1.61. The number of unbranched alkanes of at least 4 members (excludes halogenated alkanes) is 2. The number of anilines is 1. The molecule has 0 aliphatic rings. The smallest absolute Gasteiger partial charge is 0.251 e. The van der Waals surface area contributed by atoms with Gasteiger partial charge in [-0.2, -0.15) is 0 Å². The first-order valence-electron chi connectivity index (χ1n) is 6.40. The maximum absolute atomic E-state index is 11.8. The third-order valence-corrected chi connectivity index (χ3v) is 2.58. The Morgan fingerprint density at radius 1 is 1.00 bits per heavy atom. The third-order valence-electron chi connectivity index (χ3n) is 2.58. The van der Waals surface area contributed by atoms with Gasteiger partial charge in [0.15, 0.2) is 6.67 Å². The van der Waals surface area contributed by atoms with Crippen molar-refractivity contribution in [2.24, 2.45) is 0 Å². The first kappa shape index (κ1) is 15.1. The van der Waals surface area contributed by atoms with Crippen LogP contribution in [0.1, 0.15) is 25.7 Å². The Kier molecular flexibility index (Phi) is 7.24. The summed E-state index contributed by atoms with van der Waals surface area (Å²) >= 11 is 0. The van der Waals surface area contributed by atoms with Gasteiger partial charge < -0.3 is 10.6 Å². The molecule has 0 aliphatic carbocycles. The molecule has 0 atom stereocenters. The average Bonchev–Trinajstić information content (AvgIpc) is 2.43. The fraction of sp³-hybridized carbons (Fsp3) is 0.429. The zero-order chi connectivity index (χ0) is 13.9. The Balaban J connectivity index is 2.03. The minimum atomic E-state index is -0.973. The highest BCUT2D eigenvalue weighted by Gasteiger charge is 2.02. The van der Waals surface area contributed by atoms with Crippen molar-refractivity contribution >= 4 is 17.5 Å². The highest BCUT2D eigenvalue weighted by atomic mass is 19.1. The van der Waals surface area contributed by atoms with Gasteiger partial charge in [-0.1, -0.05) is 24.6 Å². The number of alkyl halides is 1. The van der Waals surface area contributed by atoms with Gasteiger partial charge >= 0.3 is 0 Å². The molecule has 4 nitrogen and oxygen atoms in total. The monoisotopic (exact) mass is 266 g/mol. The lowest BCUT2D eigenvalue weighted by atomic mass is 10.2. The molecule has 0 radical (unpaired) electrons. The molecule has 1 aromatic carbocycles. The van der Waals surface area contributed by atoms with Crippen molar-refractivity contribution in [2.45, 2.75) is 25.7 Å². The average molecular weight is 266 g/mol. The number of carbonyl (C=O) groups is 2. The lowest BCUT2D eigenvalue weighted by Crippen LogP contribution is -2.25. The van der Waals surface area contributed by atoms with Gasteiger partial charge in [0.1, 0.15) is 0 Å². The number of carbonyl (C=O) groups excluding carboxylic acids is 2. The van der Waals surface area contributed by atoms with Crippen molar-refractivity contribution in [2.75, 3.05) is 18.5 Å². The largest absolute Gasteiger partial charge is 0.354 e. The topological polar surface area (TPSA) is 58.2 Å². The molecule has 0 spiro atoms. The predicted octanol–water partition coefficient (Wildman–Crippen LogP) is 2.27. The van der Waals surface area contributed by atoms with E-state index in [1.54, 1.807) is 0 Å². The van der Waals surface area contributed by atoms with Crippen molar-refractivity contribution in [1.82, 2.24) is 5.32 Å². The molecule has 19 heavy (non-hydrogen) atoms. The van der Waals surface area contributed by atoms with Crippen LogP contribution < -0.4 is 10.6 Å². The van der Waals surface area contributed by atoms with E-state index < -0.39 is 12.6 Å². The number of amides is 2. The molecule has 0 saturated carbocycles. The minimum absolute atomic E-state index is 0.0148. The van der Waals surface area contributed by atoms with E-state index in [-0.39, 0.29) is 5.91 Å². The first-order chi connectivity index (χ1) is 9.22. The van der Waals surface area contributed by atoms with Crippen LogP contribution >= 0.6 is 0 Å². The van der Waals surface area contributed by atoms with Crippen molar-refractivity contribution in [1.29, 1.82) is 0 Å². The summed E-state index contributed by atoms with van der Waals surface area (Å²) in [6, 6.07) is 9.29. The summed E-state index contributed by atoms with van der Waals surface area (Å²) in [5.74, 6) is -0.596. The minimum Gasteiger partial charge on any atom is -0.354 e. The standard InChI is InChI=1S/C14H19FN2O2/c15-11-14(19)16-10-6-2-5-9-13(18)17-12-7-3-1-4-8-12/h1,3-4,7-8H,2,5-6,9-11H2,(H,16,19)(H,17,18). The van der Waals surface area contributed by atoms with E-state index in [1.807, 2.05) is 30.3 Å².